The first kappa shape index (κ1) is 23.8. The maximum atomic E-state index is 12.8. The van der Waals surface area contributed by atoms with E-state index >= 15 is 0 Å². The van der Waals surface area contributed by atoms with Crippen molar-refractivity contribution in [1.29, 1.82) is 0 Å². The third-order valence-electron chi connectivity index (χ3n) is 4.83. The molecule has 0 aliphatic carbocycles. The smallest absolute Gasteiger partial charge is 0.416 e. The van der Waals surface area contributed by atoms with Crippen molar-refractivity contribution in [3.8, 4) is 11.5 Å². The monoisotopic (exact) mass is 413 g/mol. The second-order valence-corrected chi connectivity index (χ2v) is 13.0. The summed E-state index contributed by atoms with van der Waals surface area (Å²) in [4.78, 5) is 24.3. The zero-order valence-corrected chi connectivity index (χ0v) is 18.0. The number of hydrogen-bond donors (Lipinski definition) is 1. The summed E-state index contributed by atoms with van der Waals surface area (Å²) in [6, 6.07) is 2.94. The molecular weight excluding hydrogens is 387 g/mol. The Labute approximate surface area is 164 Å². The van der Waals surface area contributed by atoms with E-state index in [2.05, 4.69) is 55.4 Å². The Bertz CT molecular complexity index is 786. The number of carbonyl (C=O) groups excluding carboxylic acids is 2. The minimum absolute atomic E-state index is 0.0177. The predicted octanol–water partition coefficient (Wildman–Crippen LogP) is 4.42. The van der Waals surface area contributed by atoms with Gasteiger partial charge in [-0.1, -0.05) is 39.9 Å². The fourth-order valence-corrected chi connectivity index (χ4v) is 2.89. The summed E-state index contributed by atoms with van der Waals surface area (Å²) in [5.74, 6) is 1.46. The topological polar surface area (TPSA) is 55.4 Å². The fraction of sp³-hybridized carbons (Fsp3) is 0.500. The number of benzene rings is 1. The van der Waals surface area contributed by atoms with E-state index in [-0.39, 0.29) is 17.0 Å². The van der Waals surface area contributed by atoms with Gasteiger partial charge in [0.25, 0.3) is 5.91 Å². The molecule has 28 heavy (non-hydrogen) atoms. The number of alkyl halides is 3. The van der Waals surface area contributed by atoms with Crippen molar-refractivity contribution in [2.75, 3.05) is 7.11 Å². The second kappa shape index (κ2) is 8.82. The Morgan fingerprint density at radius 3 is 2.32 bits per heavy atom. The number of halogens is 3. The molecule has 1 atom stereocenters. The third-order valence-corrected chi connectivity index (χ3v) is 9.38. The lowest BCUT2D eigenvalue weighted by molar-refractivity contribution is -0.142. The van der Waals surface area contributed by atoms with E-state index in [9.17, 15) is 22.8 Å². The first-order valence-corrected chi connectivity index (χ1v) is 11.7. The van der Waals surface area contributed by atoms with Gasteiger partial charge in [0.2, 0.25) is 0 Å². The maximum absolute atomic E-state index is 12.8. The molecule has 1 aromatic rings. The lowest BCUT2D eigenvalue weighted by Crippen LogP contribution is -2.41. The van der Waals surface area contributed by atoms with Gasteiger partial charge in [0, 0.05) is 12.0 Å². The summed E-state index contributed by atoms with van der Waals surface area (Å²) in [5, 5.41) is 2.45. The SMILES string of the molecule is COC(=O)[C@H](CC#C[Si](C)(C)C(C)(C)C)NC(=O)c1cccc(C(F)(F)F)c1. The molecule has 0 saturated carbocycles. The number of methoxy groups -OCH3 is 1. The fourth-order valence-electron chi connectivity index (χ4n) is 1.98. The van der Waals surface area contributed by atoms with Gasteiger partial charge in [-0.25, -0.2) is 4.79 Å². The van der Waals surface area contributed by atoms with Gasteiger partial charge in [0.05, 0.1) is 12.7 Å². The summed E-state index contributed by atoms with van der Waals surface area (Å²) in [6.07, 6.45) is -4.55. The average Bonchev–Trinajstić information content (AvgIpc) is 2.58. The molecule has 0 aliphatic rings. The quantitative estimate of drug-likeness (QED) is 0.452. The molecule has 1 rings (SSSR count). The number of ether oxygens (including phenoxy) is 1. The zero-order chi connectivity index (χ0) is 21.8. The highest BCUT2D eigenvalue weighted by atomic mass is 28.3. The van der Waals surface area contributed by atoms with E-state index in [1.165, 1.54) is 13.2 Å². The van der Waals surface area contributed by atoms with E-state index in [0.29, 0.717) is 0 Å². The number of esters is 1. The van der Waals surface area contributed by atoms with Crippen molar-refractivity contribution in [3.63, 3.8) is 0 Å². The Morgan fingerprint density at radius 1 is 1.21 bits per heavy atom. The zero-order valence-electron chi connectivity index (χ0n) is 17.0. The van der Waals surface area contributed by atoms with E-state index in [1.54, 1.807) is 0 Å². The second-order valence-electron chi connectivity index (χ2n) is 8.01. The molecule has 1 N–H and O–H groups in total. The van der Waals surface area contributed by atoms with Gasteiger partial charge in [-0.3, -0.25) is 4.79 Å². The average molecular weight is 414 g/mol. The van der Waals surface area contributed by atoms with Crippen LogP contribution >= 0.6 is 0 Å². The summed E-state index contributed by atoms with van der Waals surface area (Å²) in [6.45, 7) is 10.5. The highest BCUT2D eigenvalue weighted by Crippen LogP contribution is 2.35. The van der Waals surface area contributed by atoms with Crippen LogP contribution in [0.1, 0.15) is 43.1 Å². The van der Waals surface area contributed by atoms with Crippen LogP contribution in [-0.4, -0.2) is 33.1 Å². The minimum Gasteiger partial charge on any atom is -0.467 e. The van der Waals surface area contributed by atoms with Crippen LogP contribution in [0.5, 0.6) is 0 Å². The lowest BCUT2D eigenvalue weighted by atomic mass is 10.1. The molecule has 0 aliphatic heterocycles. The molecule has 0 spiro atoms. The third kappa shape index (κ3) is 6.41. The van der Waals surface area contributed by atoms with Gasteiger partial charge in [-0.05, 0) is 23.2 Å². The molecule has 0 unspecified atom stereocenters. The van der Waals surface area contributed by atoms with Gasteiger partial charge in [-0.2, -0.15) is 13.2 Å². The van der Waals surface area contributed by atoms with Crippen molar-refractivity contribution in [1.82, 2.24) is 5.32 Å². The number of rotatable bonds is 4. The molecule has 1 aromatic carbocycles. The van der Waals surface area contributed by atoms with Crippen molar-refractivity contribution in [2.45, 2.75) is 57.5 Å². The number of nitrogens with one attached hydrogen (secondary N) is 1. The largest absolute Gasteiger partial charge is 0.467 e. The van der Waals surface area contributed by atoms with Crippen LogP contribution in [0.2, 0.25) is 18.1 Å². The Kier molecular flexibility index (Phi) is 7.49. The molecule has 0 heterocycles. The molecule has 0 saturated heterocycles. The Hall–Kier alpha value is -2.27. The molecule has 1 amide bonds. The molecule has 8 heteroatoms. The Balaban J connectivity index is 3.00. The van der Waals surface area contributed by atoms with E-state index < -0.39 is 37.7 Å². The van der Waals surface area contributed by atoms with Crippen LogP contribution < -0.4 is 5.32 Å². The molecular formula is C20H26F3NO3Si. The normalized spacial score (nSPS) is 13.2. The van der Waals surface area contributed by atoms with Gasteiger partial charge < -0.3 is 10.1 Å². The van der Waals surface area contributed by atoms with Crippen molar-refractivity contribution >= 4 is 20.0 Å². The van der Waals surface area contributed by atoms with Crippen LogP contribution in [0.15, 0.2) is 24.3 Å². The maximum Gasteiger partial charge on any atom is 0.416 e. The molecule has 154 valence electrons. The summed E-state index contributed by atoms with van der Waals surface area (Å²) >= 11 is 0. The first-order valence-electron chi connectivity index (χ1n) is 8.75. The highest BCUT2D eigenvalue weighted by Gasteiger charge is 2.34. The van der Waals surface area contributed by atoms with Crippen LogP contribution in [-0.2, 0) is 15.7 Å². The predicted molar refractivity (Wildman–Crippen MR) is 104 cm³/mol. The molecule has 0 fully saturated rings. The van der Waals surface area contributed by atoms with E-state index in [0.717, 1.165) is 18.2 Å². The minimum atomic E-state index is -4.56. The highest BCUT2D eigenvalue weighted by molar-refractivity contribution is 6.87. The summed E-state index contributed by atoms with van der Waals surface area (Å²) < 4.78 is 43.2. The van der Waals surface area contributed by atoms with E-state index in [4.69, 9.17) is 0 Å². The lowest BCUT2D eigenvalue weighted by Gasteiger charge is -2.31. The van der Waals surface area contributed by atoms with Gasteiger partial charge in [0.1, 0.15) is 14.1 Å². The molecule has 0 aromatic heterocycles. The summed E-state index contributed by atoms with van der Waals surface area (Å²) in [7, 11) is -0.726. The van der Waals surface area contributed by atoms with Gasteiger partial charge in [0.15, 0.2) is 0 Å². The van der Waals surface area contributed by atoms with Crippen LogP contribution in [0.25, 0.3) is 0 Å². The van der Waals surface area contributed by atoms with Crippen molar-refractivity contribution < 1.29 is 27.5 Å². The Morgan fingerprint density at radius 2 is 1.82 bits per heavy atom. The molecule has 4 nitrogen and oxygen atoms in total. The molecule has 0 radical (unpaired) electrons. The first-order chi connectivity index (χ1) is 12.7. The van der Waals surface area contributed by atoms with Crippen LogP contribution in [0, 0.1) is 11.5 Å². The molecule has 0 bridgehead atoms. The summed E-state index contributed by atoms with van der Waals surface area (Å²) in [5.41, 5.74) is 2.10. The van der Waals surface area contributed by atoms with Gasteiger partial charge in [-0.15, -0.1) is 11.5 Å². The van der Waals surface area contributed by atoms with E-state index in [1.807, 2.05) is 0 Å². The van der Waals surface area contributed by atoms with Crippen LogP contribution in [0.4, 0.5) is 13.2 Å². The standard InChI is InChI=1S/C20H26F3NO3Si/c1-19(2,3)28(5,6)12-8-11-16(18(26)27-4)24-17(25)14-9-7-10-15(13-14)20(21,22)23/h7,9-10,13,16H,11H2,1-6H3,(H,24,25)/t16-/m0/s1. The number of hydrogen-bond acceptors (Lipinski definition) is 3. The van der Waals surface area contributed by atoms with Crippen molar-refractivity contribution in [3.05, 3.63) is 35.4 Å². The van der Waals surface area contributed by atoms with Crippen LogP contribution in [0.3, 0.4) is 0 Å². The van der Waals surface area contributed by atoms with Gasteiger partial charge >= 0.3 is 12.1 Å². The number of amides is 1. The van der Waals surface area contributed by atoms with Crippen molar-refractivity contribution in [2.24, 2.45) is 0 Å². The number of carbonyl (C=O) groups is 2.